The molecule has 0 saturated carbocycles. The van der Waals surface area contributed by atoms with Crippen LogP contribution in [0.2, 0.25) is 0 Å². The number of benzene rings is 1. The molecule has 156 valence electrons. The Morgan fingerprint density at radius 1 is 1.07 bits per heavy atom. The molecule has 0 unspecified atom stereocenters. The van der Waals surface area contributed by atoms with Crippen molar-refractivity contribution in [1.82, 2.24) is 9.78 Å². The highest BCUT2D eigenvalue weighted by Gasteiger charge is 2.35. The molecule has 0 aliphatic rings. The Balaban J connectivity index is 2.34. The van der Waals surface area contributed by atoms with E-state index in [-0.39, 0.29) is 17.2 Å². The fourth-order valence-corrected chi connectivity index (χ4v) is 3.06. The number of unbranched alkanes of at least 4 members (excludes halogenated alkanes) is 5. The summed E-state index contributed by atoms with van der Waals surface area (Å²) in [5, 5.41) is 7.36. The van der Waals surface area contributed by atoms with Gasteiger partial charge in [0.2, 0.25) is 5.91 Å². The molecule has 7 heteroatoms. The standard InChI is InChI=1S/C21H30F3N3O/c1-5-6-7-8-9-10-14-27-17-15(12-11-13-16(17)21(22,23)24)18(26-27)25-19(28)20(2,3)4/h11-13H,5-10,14H2,1-4H3,(H,25,26,28). The zero-order valence-electron chi connectivity index (χ0n) is 17.1. The Morgan fingerprint density at radius 3 is 2.32 bits per heavy atom. The van der Waals surface area contributed by atoms with E-state index in [1.165, 1.54) is 17.2 Å². The van der Waals surface area contributed by atoms with Crippen LogP contribution in [0.3, 0.4) is 0 Å². The van der Waals surface area contributed by atoms with Crippen molar-refractivity contribution in [1.29, 1.82) is 0 Å². The third-order valence-corrected chi connectivity index (χ3v) is 4.71. The van der Waals surface area contributed by atoms with Crippen molar-refractivity contribution >= 4 is 22.6 Å². The van der Waals surface area contributed by atoms with Crippen LogP contribution < -0.4 is 5.32 Å². The van der Waals surface area contributed by atoms with Crippen LogP contribution in [0.5, 0.6) is 0 Å². The van der Waals surface area contributed by atoms with Gasteiger partial charge in [-0.05, 0) is 18.6 Å². The van der Waals surface area contributed by atoms with Gasteiger partial charge < -0.3 is 5.32 Å². The van der Waals surface area contributed by atoms with Gasteiger partial charge in [0, 0.05) is 17.3 Å². The van der Waals surface area contributed by atoms with Gasteiger partial charge in [0.25, 0.3) is 0 Å². The number of para-hydroxylation sites is 1. The molecule has 1 heterocycles. The number of fused-ring (bicyclic) bond motifs is 1. The smallest absolute Gasteiger partial charge is 0.308 e. The number of carbonyl (C=O) groups excluding carboxylic acids is 1. The minimum absolute atomic E-state index is 0.0350. The molecule has 0 radical (unpaired) electrons. The maximum Gasteiger partial charge on any atom is 0.418 e. The Bertz CT molecular complexity index is 804. The van der Waals surface area contributed by atoms with E-state index in [1.807, 2.05) is 0 Å². The molecule has 0 bridgehead atoms. The van der Waals surface area contributed by atoms with Gasteiger partial charge in [0.05, 0.1) is 11.1 Å². The Labute approximate surface area is 164 Å². The first kappa shape index (κ1) is 22.2. The normalized spacial score (nSPS) is 12.5. The van der Waals surface area contributed by atoms with Gasteiger partial charge in [-0.2, -0.15) is 18.3 Å². The number of nitrogens with zero attached hydrogens (tertiary/aromatic N) is 2. The predicted molar refractivity (Wildman–Crippen MR) is 106 cm³/mol. The summed E-state index contributed by atoms with van der Waals surface area (Å²) in [5.41, 5.74) is -1.36. The molecular formula is C21H30F3N3O. The number of nitrogens with one attached hydrogen (secondary N) is 1. The summed E-state index contributed by atoms with van der Waals surface area (Å²) in [6.07, 6.45) is 1.73. The molecule has 0 atom stereocenters. The number of carbonyl (C=O) groups is 1. The fourth-order valence-electron chi connectivity index (χ4n) is 3.06. The average Bonchev–Trinajstić information content (AvgIpc) is 2.94. The van der Waals surface area contributed by atoms with Crippen LogP contribution in [0.1, 0.15) is 71.8 Å². The molecule has 1 N–H and O–H groups in total. The second-order valence-electron chi connectivity index (χ2n) is 8.24. The van der Waals surface area contributed by atoms with E-state index >= 15 is 0 Å². The first-order valence-corrected chi connectivity index (χ1v) is 9.94. The molecule has 28 heavy (non-hydrogen) atoms. The highest BCUT2D eigenvalue weighted by atomic mass is 19.4. The molecule has 1 aromatic carbocycles. The van der Waals surface area contributed by atoms with Crippen molar-refractivity contribution in [3.63, 3.8) is 0 Å². The summed E-state index contributed by atoms with van der Waals surface area (Å²) < 4.78 is 42.1. The largest absolute Gasteiger partial charge is 0.418 e. The van der Waals surface area contributed by atoms with Gasteiger partial charge in [0.1, 0.15) is 0 Å². The Hall–Kier alpha value is -2.05. The second-order valence-corrected chi connectivity index (χ2v) is 8.24. The molecule has 1 amide bonds. The number of aromatic nitrogens is 2. The number of hydrogen-bond donors (Lipinski definition) is 1. The van der Waals surface area contributed by atoms with Gasteiger partial charge in [-0.15, -0.1) is 0 Å². The van der Waals surface area contributed by atoms with Gasteiger partial charge in [0.15, 0.2) is 5.82 Å². The van der Waals surface area contributed by atoms with E-state index in [9.17, 15) is 18.0 Å². The minimum Gasteiger partial charge on any atom is -0.308 e. The molecule has 0 aliphatic carbocycles. The van der Waals surface area contributed by atoms with E-state index < -0.39 is 17.2 Å². The van der Waals surface area contributed by atoms with Crippen LogP contribution in [0, 0.1) is 5.41 Å². The molecule has 1 aromatic heterocycles. The van der Waals surface area contributed by atoms with Crippen molar-refractivity contribution in [3.8, 4) is 0 Å². The fraction of sp³-hybridized carbons (Fsp3) is 0.619. The zero-order valence-corrected chi connectivity index (χ0v) is 17.1. The number of alkyl halides is 3. The molecule has 0 spiro atoms. The SMILES string of the molecule is CCCCCCCCn1nc(NC(=O)C(C)(C)C)c2cccc(C(F)(F)F)c21. The number of anilines is 1. The van der Waals surface area contributed by atoms with E-state index in [0.29, 0.717) is 11.9 Å². The van der Waals surface area contributed by atoms with E-state index in [0.717, 1.165) is 38.2 Å². The molecule has 4 nitrogen and oxygen atoms in total. The highest BCUT2D eigenvalue weighted by Crippen LogP contribution is 2.37. The van der Waals surface area contributed by atoms with Crippen LogP contribution in [0.15, 0.2) is 18.2 Å². The van der Waals surface area contributed by atoms with Crippen LogP contribution >= 0.6 is 0 Å². The molecule has 0 saturated heterocycles. The van der Waals surface area contributed by atoms with E-state index in [1.54, 1.807) is 26.8 Å². The summed E-state index contributed by atoms with van der Waals surface area (Å²) >= 11 is 0. The maximum atomic E-state index is 13.6. The number of hydrogen-bond acceptors (Lipinski definition) is 2. The summed E-state index contributed by atoms with van der Waals surface area (Å²) in [5.74, 6) is -0.0944. The first-order chi connectivity index (χ1) is 13.1. The Kier molecular flexibility index (Phi) is 7.12. The topological polar surface area (TPSA) is 46.9 Å². The highest BCUT2D eigenvalue weighted by molar-refractivity contribution is 6.02. The lowest BCUT2D eigenvalue weighted by Gasteiger charge is -2.16. The quantitative estimate of drug-likeness (QED) is 0.524. The van der Waals surface area contributed by atoms with Crippen molar-refractivity contribution < 1.29 is 18.0 Å². The van der Waals surface area contributed by atoms with Gasteiger partial charge >= 0.3 is 6.18 Å². The number of aryl methyl sites for hydroxylation is 1. The van der Waals surface area contributed by atoms with Crippen molar-refractivity contribution in [2.75, 3.05) is 5.32 Å². The minimum atomic E-state index is -4.48. The third kappa shape index (κ3) is 5.49. The lowest BCUT2D eigenvalue weighted by molar-refractivity contribution is -0.136. The van der Waals surface area contributed by atoms with Crippen molar-refractivity contribution in [2.45, 2.75) is 78.9 Å². The molecule has 0 aliphatic heterocycles. The summed E-state index contributed by atoms with van der Waals surface area (Å²) in [7, 11) is 0. The number of rotatable bonds is 8. The van der Waals surface area contributed by atoms with Crippen LogP contribution in [-0.4, -0.2) is 15.7 Å². The summed E-state index contributed by atoms with van der Waals surface area (Å²) in [6.45, 7) is 7.78. The van der Waals surface area contributed by atoms with Gasteiger partial charge in [-0.3, -0.25) is 9.48 Å². The van der Waals surface area contributed by atoms with Gasteiger partial charge in [-0.1, -0.05) is 65.9 Å². The Morgan fingerprint density at radius 2 is 1.71 bits per heavy atom. The lowest BCUT2D eigenvalue weighted by atomic mass is 9.96. The van der Waals surface area contributed by atoms with Crippen LogP contribution in [-0.2, 0) is 17.5 Å². The molecule has 2 aromatic rings. The number of halogens is 3. The lowest BCUT2D eigenvalue weighted by Crippen LogP contribution is -2.27. The average molecular weight is 397 g/mol. The molecule has 0 fully saturated rings. The number of amides is 1. The van der Waals surface area contributed by atoms with Crippen molar-refractivity contribution in [3.05, 3.63) is 23.8 Å². The van der Waals surface area contributed by atoms with Crippen LogP contribution in [0.4, 0.5) is 19.0 Å². The predicted octanol–water partition coefficient (Wildman–Crippen LogP) is 6.40. The van der Waals surface area contributed by atoms with E-state index in [4.69, 9.17) is 0 Å². The third-order valence-electron chi connectivity index (χ3n) is 4.71. The first-order valence-electron chi connectivity index (χ1n) is 9.94. The summed E-state index contributed by atoms with van der Waals surface area (Å²) in [4.78, 5) is 12.3. The second kappa shape index (κ2) is 8.97. The maximum absolute atomic E-state index is 13.6. The van der Waals surface area contributed by atoms with Crippen LogP contribution in [0.25, 0.3) is 10.9 Å². The van der Waals surface area contributed by atoms with Crippen molar-refractivity contribution in [2.24, 2.45) is 5.41 Å². The molecular weight excluding hydrogens is 367 g/mol. The summed E-state index contributed by atoms with van der Waals surface area (Å²) in [6, 6.07) is 4.00. The van der Waals surface area contributed by atoms with Gasteiger partial charge in [-0.25, -0.2) is 0 Å². The zero-order chi connectivity index (χ0) is 20.9. The van der Waals surface area contributed by atoms with E-state index in [2.05, 4.69) is 17.3 Å². The molecule has 2 rings (SSSR count). The monoisotopic (exact) mass is 397 g/mol.